The summed E-state index contributed by atoms with van der Waals surface area (Å²) >= 11 is 1.64. The molecule has 0 saturated carbocycles. The number of imidazole rings is 1. The van der Waals surface area contributed by atoms with Gasteiger partial charge in [-0.15, -0.1) is 11.3 Å². The summed E-state index contributed by atoms with van der Waals surface area (Å²) in [6, 6.07) is 0.623. The summed E-state index contributed by atoms with van der Waals surface area (Å²) in [5.41, 5.74) is 3.18. The number of aromatic nitrogens is 3. The molecule has 2 rings (SSSR count). The van der Waals surface area contributed by atoms with E-state index in [9.17, 15) is 0 Å². The normalized spacial score (nSPS) is 15.4. The molecule has 2 atom stereocenters. The second-order valence-electron chi connectivity index (χ2n) is 5.98. The standard InChI is InChI=1S/C14H22N4S/c1-11(12-8-19-10-16-12)17-13(14(2,3)4)7-18-6-5-15-9-18/h5-6,8-11,13,17H,7H2,1-4H3. The molecule has 0 radical (unpaired) electrons. The molecule has 0 spiro atoms. The van der Waals surface area contributed by atoms with Gasteiger partial charge in [-0.05, 0) is 12.3 Å². The van der Waals surface area contributed by atoms with Crippen LogP contribution in [-0.2, 0) is 6.54 Å². The Bertz CT molecular complexity index is 470. The highest BCUT2D eigenvalue weighted by Crippen LogP contribution is 2.24. The molecule has 0 aromatic carbocycles. The van der Waals surface area contributed by atoms with E-state index in [1.165, 1.54) is 0 Å². The number of hydrogen-bond donors (Lipinski definition) is 1. The lowest BCUT2D eigenvalue weighted by Gasteiger charge is -2.34. The molecule has 2 unspecified atom stereocenters. The summed E-state index contributed by atoms with van der Waals surface area (Å²) in [4.78, 5) is 8.50. The van der Waals surface area contributed by atoms with Crippen molar-refractivity contribution in [1.29, 1.82) is 0 Å². The van der Waals surface area contributed by atoms with Gasteiger partial charge in [0, 0.05) is 36.4 Å². The van der Waals surface area contributed by atoms with Gasteiger partial charge in [-0.3, -0.25) is 0 Å². The molecule has 4 nitrogen and oxygen atoms in total. The zero-order valence-corrected chi connectivity index (χ0v) is 12.8. The van der Waals surface area contributed by atoms with Crippen molar-refractivity contribution in [2.24, 2.45) is 5.41 Å². The third-order valence-corrected chi connectivity index (χ3v) is 3.95. The van der Waals surface area contributed by atoms with E-state index in [4.69, 9.17) is 0 Å². The lowest BCUT2D eigenvalue weighted by Crippen LogP contribution is -2.44. The van der Waals surface area contributed by atoms with Crippen LogP contribution in [0.2, 0.25) is 0 Å². The van der Waals surface area contributed by atoms with Crippen molar-refractivity contribution in [1.82, 2.24) is 19.9 Å². The second-order valence-corrected chi connectivity index (χ2v) is 6.70. The van der Waals surface area contributed by atoms with Crippen LogP contribution < -0.4 is 5.32 Å². The van der Waals surface area contributed by atoms with Gasteiger partial charge in [-0.2, -0.15) is 0 Å². The Labute approximate surface area is 118 Å². The smallest absolute Gasteiger partial charge is 0.0946 e. The van der Waals surface area contributed by atoms with Crippen LogP contribution in [0.1, 0.15) is 39.4 Å². The number of thiazole rings is 1. The SMILES string of the molecule is CC(NC(Cn1ccnc1)C(C)(C)C)c1cscn1. The van der Waals surface area contributed by atoms with E-state index in [0.29, 0.717) is 6.04 Å². The maximum Gasteiger partial charge on any atom is 0.0946 e. The Morgan fingerprint density at radius 1 is 1.42 bits per heavy atom. The zero-order valence-electron chi connectivity index (χ0n) is 12.0. The van der Waals surface area contributed by atoms with Crippen LogP contribution in [0.15, 0.2) is 29.6 Å². The fourth-order valence-electron chi connectivity index (χ4n) is 2.00. The largest absolute Gasteiger partial charge is 0.336 e. The van der Waals surface area contributed by atoms with Gasteiger partial charge in [0.2, 0.25) is 0 Å². The predicted octanol–water partition coefficient (Wildman–Crippen LogP) is 3.11. The number of rotatable bonds is 5. The monoisotopic (exact) mass is 278 g/mol. The molecule has 2 aromatic rings. The molecular formula is C14H22N4S. The predicted molar refractivity (Wildman–Crippen MR) is 79.1 cm³/mol. The van der Waals surface area contributed by atoms with Crippen molar-refractivity contribution in [3.05, 3.63) is 35.3 Å². The van der Waals surface area contributed by atoms with E-state index in [2.05, 4.69) is 52.9 Å². The summed E-state index contributed by atoms with van der Waals surface area (Å²) in [6.07, 6.45) is 5.70. The molecule has 2 heterocycles. The molecule has 0 amide bonds. The first-order valence-corrected chi connectivity index (χ1v) is 7.51. The molecule has 1 N–H and O–H groups in total. The van der Waals surface area contributed by atoms with Crippen molar-refractivity contribution in [3.8, 4) is 0 Å². The Hall–Kier alpha value is -1.20. The van der Waals surface area contributed by atoms with Crippen molar-refractivity contribution >= 4 is 11.3 Å². The van der Waals surface area contributed by atoms with Gasteiger partial charge >= 0.3 is 0 Å². The van der Waals surface area contributed by atoms with E-state index in [0.717, 1.165) is 12.2 Å². The van der Waals surface area contributed by atoms with Gasteiger partial charge in [-0.25, -0.2) is 9.97 Å². The average molecular weight is 278 g/mol. The van der Waals surface area contributed by atoms with Gasteiger partial charge in [0.15, 0.2) is 0 Å². The first-order valence-electron chi connectivity index (χ1n) is 6.56. The van der Waals surface area contributed by atoms with Crippen molar-refractivity contribution in [2.75, 3.05) is 0 Å². The Morgan fingerprint density at radius 2 is 2.21 bits per heavy atom. The van der Waals surface area contributed by atoms with E-state index in [-0.39, 0.29) is 11.5 Å². The molecule has 19 heavy (non-hydrogen) atoms. The van der Waals surface area contributed by atoms with Crippen molar-refractivity contribution in [3.63, 3.8) is 0 Å². The minimum Gasteiger partial charge on any atom is -0.336 e. The van der Waals surface area contributed by atoms with Crippen LogP contribution in [0, 0.1) is 5.41 Å². The van der Waals surface area contributed by atoms with Crippen LogP contribution >= 0.6 is 11.3 Å². The average Bonchev–Trinajstić information content (AvgIpc) is 2.99. The quantitative estimate of drug-likeness (QED) is 0.914. The van der Waals surface area contributed by atoms with Crippen LogP contribution in [0.5, 0.6) is 0 Å². The first kappa shape index (κ1) is 14.2. The lowest BCUT2D eigenvalue weighted by molar-refractivity contribution is 0.225. The summed E-state index contributed by atoms with van der Waals surface area (Å²) in [6.45, 7) is 9.86. The van der Waals surface area contributed by atoms with E-state index < -0.39 is 0 Å². The van der Waals surface area contributed by atoms with Gasteiger partial charge in [0.1, 0.15) is 0 Å². The molecular weight excluding hydrogens is 256 g/mol. The van der Waals surface area contributed by atoms with Crippen molar-refractivity contribution < 1.29 is 0 Å². The van der Waals surface area contributed by atoms with Crippen LogP contribution in [0.3, 0.4) is 0 Å². The van der Waals surface area contributed by atoms with Gasteiger partial charge in [0.05, 0.1) is 17.5 Å². The summed E-state index contributed by atoms with van der Waals surface area (Å²) in [7, 11) is 0. The molecule has 104 valence electrons. The summed E-state index contributed by atoms with van der Waals surface area (Å²) < 4.78 is 2.12. The molecule has 0 fully saturated rings. The zero-order chi connectivity index (χ0) is 13.9. The molecule has 0 bridgehead atoms. The highest BCUT2D eigenvalue weighted by atomic mass is 32.1. The molecule has 2 aromatic heterocycles. The minimum absolute atomic E-state index is 0.175. The van der Waals surface area contributed by atoms with E-state index >= 15 is 0 Å². The summed E-state index contributed by atoms with van der Waals surface area (Å²) in [5.74, 6) is 0. The highest BCUT2D eigenvalue weighted by molar-refractivity contribution is 7.07. The molecule has 0 saturated heterocycles. The molecule has 5 heteroatoms. The Balaban J connectivity index is 2.06. The Morgan fingerprint density at radius 3 is 2.74 bits per heavy atom. The van der Waals surface area contributed by atoms with Gasteiger partial charge < -0.3 is 9.88 Å². The number of nitrogens with one attached hydrogen (secondary N) is 1. The molecule has 0 aliphatic heterocycles. The number of nitrogens with zero attached hydrogens (tertiary/aromatic N) is 3. The summed E-state index contributed by atoms with van der Waals surface area (Å²) in [5, 5.41) is 5.80. The minimum atomic E-state index is 0.175. The lowest BCUT2D eigenvalue weighted by atomic mass is 9.86. The van der Waals surface area contributed by atoms with Crippen LogP contribution in [0.25, 0.3) is 0 Å². The van der Waals surface area contributed by atoms with Crippen LogP contribution in [0.4, 0.5) is 0 Å². The van der Waals surface area contributed by atoms with Gasteiger partial charge in [-0.1, -0.05) is 20.8 Å². The Kier molecular flexibility index (Phi) is 4.37. The van der Waals surface area contributed by atoms with E-state index in [1.807, 2.05) is 24.2 Å². The molecule has 0 aliphatic carbocycles. The van der Waals surface area contributed by atoms with Crippen LogP contribution in [-0.4, -0.2) is 20.6 Å². The fourth-order valence-corrected chi connectivity index (χ4v) is 2.65. The van der Waals surface area contributed by atoms with E-state index in [1.54, 1.807) is 11.3 Å². The highest BCUT2D eigenvalue weighted by Gasteiger charge is 2.26. The fraction of sp³-hybridized carbons (Fsp3) is 0.571. The maximum absolute atomic E-state index is 4.39. The molecule has 0 aliphatic rings. The third kappa shape index (κ3) is 3.88. The van der Waals surface area contributed by atoms with Crippen molar-refractivity contribution in [2.45, 2.75) is 46.3 Å². The topological polar surface area (TPSA) is 42.7 Å². The van der Waals surface area contributed by atoms with Gasteiger partial charge in [0.25, 0.3) is 0 Å². The first-order chi connectivity index (χ1) is 8.97. The second kappa shape index (κ2) is 5.84. The number of hydrogen-bond acceptors (Lipinski definition) is 4. The maximum atomic E-state index is 4.39. The third-order valence-electron chi connectivity index (χ3n) is 3.34.